The Bertz CT molecular complexity index is 604. The fraction of sp³-hybridized carbons (Fsp3) is 0.471. The van der Waals surface area contributed by atoms with Crippen molar-refractivity contribution < 1.29 is 9.18 Å². The maximum absolute atomic E-state index is 13.4. The Hall–Kier alpha value is -0.810. The van der Waals surface area contributed by atoms with E-state index in [-0.39, 0.29) is 17.1 Å². The van der Waals surface area contributed by atoms with Crippen LogP contribution in [0.1, 0.15) is 43.0 Å². The number of benzene rings is 1. The van der Waals surface area contributed by atoms with Crippen LogP contribution in [0.25, 0.3) is 0 Å². The fourth-order valence-corrected chi connectivity index (χ4v) is 4.64. The molecule has 0 bridgehead atoms. The summed E-state index contributed by atoms with van der Waals surface area (Å²) in [5, 5.41) is 0.00795. The normalized spacial score (nSPS) is 22.1. The largest absolute Gasteiger partial charge is 0.326 e. The zero-order valence-electron chi connectivity index (χ0n) is 12.4. The Morgan fingerprint density at radius 1 is 1.36 bits per heavy atom. The number of halogens is 2. The molecule has 1 aliphatic heterocycles. The summed E-state index contributed by atoms with van der Waals surface area (Å²) >= 11 is 4.86. The lowest BCUT2D eigenvalue weighted by Gasteiger charge is -2.25. The van der Waals surface area contributed by atoms with Crippen molar-refractivity contribution in [3.05, 3.63) is 45.7 Å². The molecule has 0 spiro atoms. The van der Waals surface area contributed by atoms with E-state index in [9.17, 15) is 9.18 Å². The van der Waals surface area contributed by atoms with E-state index in [2.05, 4.69) is 22.0 Å². The maximum Gasteiger partial charge on any atom is 0.233 e. The minimum absolute atomic E-state index is 0.00795. The Morgan fingerprint density at radius 3 is 2.95 bits per heavy atom. The third-order valence-electron chi connectivity index (χ3n) is 4.26. The minimum Gasteiger partial charge on any atom is -0.326 e. The Balaban J connectivity index is 1.71. The van der Waals surface area contributed by atoms with Gasteiger partial charge < -0.3 is 4.90 Å². The molecule has 0 aromatic heterocycles. The molecule has 1 heterocycles. The second-order valence-corrected chi connectivity index (χ2v) is 7.71. The molecule has 0 saturated carbocycles. The fourth-order valence-electron chi connectivity index (χ4n) is 3.03. The van der Waals surface area contributed by atoms with E-state index in [1.165, 1.54) is 37.3 Å². The van der Waals surface area contributed by atoms with Gasteiger partial charge in [0, 0.05) is 6.54 Å². The van der Waals surface area contributed by atoms with Crippen LogP contribution in [-0.4, -0.2) is 23.1 Å². The maximum atomic E-state index is 13.4. The van der Waals surface area contributed by atoms with Gasteiger partial charge in [0.25, 0.3) is 0 Å². The lowest BCUT2D eigenvalue weighted by molar-refractivity contribution is -0.128. The number of thioether (sulfide) groups is 1. The number of hydrogen-bond donors (Lipinski definition) is 0. The van der Waals surface area contributed by atoms with Crippen LogP contribution in [0.15, 0.2) is 34.3 Å². The highest BCUT2D eigenvalue weighted by molar-refractivity contribution is 9.10. The smallest absolute Gasteiger partial charge is 0.233 e. The van der Waals surface area contributed by atoms with E-state index in [1.54, 1.807) is 23.9 Å². The average Bonchev–Trinajstić information content (AvgIpc) is 2.90. The molecule has 2 nitrogen and oxygen atoms in total. The molecule has 1 saturated heterocycles. The zero-order valence-corrected chi connectivity index (χ0v) is 14.8. The van der Waals surface area contributed by atoms with Crippen LogP contribution in [0.2, 0.25) is 0 Å². The third-order valence-corrected chi connectivity index (χ3v) is 6.12. The zero-order chi connectivity index (χ0) is 15.5. The SMILES string of the molecule is O=C1CSC(c2ccc(F)c(Br)c2)N1CCC1=CCCCC1. The van der Waals surface area contributed by atoms with E-state index in [0.717, 1.165) is 18.5 Å². The highest BCUT2D eigenvalue weighted by Crippen LogP contribution is 2.40. The van der Waals surface area contributed by atoms with Crippen LogP contribution in [0.3, 0.4) is 0 Å². The molecule has 118 valence electrons. The first-order chi connectivity index (χ1) is 10.6. The lowest BCUT2D eigenvalue weighted by Crippen LogP contribution is -2.29. The second kappa shape index (κ2) is 7.18. The average molecular weight is 384 g/mol. The van der Waals surface area contributed by atoms with Gasteiger partial charge in [0.1, 0.15) is 11.2 Å². The van der Waals surface area contributed by atoms with Crippen LogP contribution in [0.4, 0.5) is 4.39 Å². The molecule has 2 aliphatic rings. The third kappa shape index (κ3) is 3.57. The molecule has 1 unspecified atom stereocenters. The van der Waals surface area contributed by atoms with Crippen LogP contribution in [0.5, 0.6) is 0 Å². The molecular formula is C17H19BrFNOS. The van der Waals surface area contributed by atoms with Gasteiger partial charge in [-0.15, -0.1) is 11.8 Å². The van der Waals surface area contributed by atoms with Crippen LogP contribution >= 0.6 is 27.7 Å². The second-order valence-electron chi connectivity index (χ2n) is 5.78. The molecule has 22 heavy (non-hydrogen) atoms. The van der Waals surface area contributed by atoms with Gasteiger partial charge in [-0.1, -0.05) is 17.7 Å². The summed E-state index contributed by atoms with van der Waals surface area (Å²) in [6, 6.07) is 5.03. The van der Waals surface area contributed by atoms with Crippen molar-refractivity contribution in [2.24, 2.45) is 0 Å². The lowest BCUT2D eigenvalue weighted by atomic mass is 9.97. The van der Waals surface area contributed by atoms with Gasteiger partial charge in [0.05, 0.1) is 10.2 Å². The van der Waals surface area contributed by atoms with Crippen molar-refractivity contribution >= 4 is 33.6 Å². The number of hydrogen-bond acceptors (Lipinski definition) is 2. The molecule has 1 aromatic carbocycles. The predicted octanol–water partition coefficient (Wildman–Crippen LogP) is 5.05. The minimum atomic E-state index is -0.267. The highest BCUT2D eigenvalue weighted by atomic mass is 79.9. The van der Waals surface area contributed by atoms with E-state index in [0.29, 0.717) is 10.2 Å². The molecule has 1 aliphatic carbocycles. The molecule has 0 N–H and O–H groups in total. The monoisotopic (exact) mass is 383 g/mol. The van der Waals surface area contributed by atoms with Gasteiger partial charge in [-0.3, -0.25) is 4.79 Å². The van der Waals surface area contributed by atoms with E-state index in [1.807, 2.05) is 4.90 Å². The van der Waals surface area contributed by atoms with E-state index < -0.39 is 0 Å². The predicted molar refractivity (Wildman–Crippen MR) is 92.2 cm³/mol. The van der Waals surface area contributed by atoms with E-state index in [4.69, 9.17) is 0 Å². The highest BCUT2D eigenvalue weighted by Gasteiger charge is 2.32. The van der Waals surface area contributed by atoms with Crippen molar-refractivity contribution in [2.75, 3.05) is 12.3 Å². The molecule has 1 aromatic rings. The van der Waals surface area contributed by atoms with Gasteiger partial charge in [-0.2, -0.15) is 0 Å². The van der Waals surface area contributed by atoms with Gasteiger partial charge in [0.2, 0.25) is 5.91 Å². The summed E-state index contributed by atoms with van der Waals surface area (Å²) in [4.78, 5) is 14.1. The molecule has 3 rings (SSSR count). The number of carbonyl (C=O) groups excluding carboxylic acids is 1. The van der Waals surface area contributed by atoms with Gasteiger partial charge in [-0.05, 0) is 65.7 Å². The first-order valence-electron chi connectivity index (χ1n) is 7.69. The first-order valence-corrected chi connectivity index (χ1v) is 9.53. The van der Waals surface area contributed by atoms with Crippen molar-refractivity contribution in [3.8, 4) is 0 Å². The van der Waals surface area contributed by atoms with E-state index >= 15 is 0 Å². The topological polar surface area (TPSA) is 20.3 Å². The summed E-state index contributed by atoms with van der Waals surface area (Å²) in [7, 11) is 0. The molecule has 0 radical (unpaired) electrons. The van der Waals surface area contributed by atoms with Crippen LogP contribution in [-0.2, 0) is 4.79 Å². The molecule has 1 fully saturated rings. The summed E-state index contributed by atoms with van der Waals surface area (Å²) in [6.45, 7) is 0.761. The number of allylic oxidation sites excluding steroid dienone is 1. The molecular weight excluding hydrogens is 365 g/mol. The van der Waals surface area contributed by atoms with Crippen molar-refractivity contribution in [3.63, 3.8) is 0 Å². The quantitative estimate of drug-likeness (QED) is 0.677. The first kappa shape index (κ1) is 16.1. The van der Waals surface area contributed by atoms with Crippen LogP contribution < -0.4 is 0 Å². The Labute approximate surface area is 143 Å². The number of rotatable bonds is 4. The van der Waals surface area contributed by atoms with Gasteiger partial charge in [0.15, 0.2) is 0 Å². The number of nitrogens with zero attached hydrogens (tertiary/aromatic N) is 1. The number of amides is 1. The molecule has 1 amide bonds. The molecule has 1 atom stereocenters. The Morgan fingerprint density at radius 2 is 2.23 bits per heavy atom. The van der Waals surface area contributed by atoms with Crippen molar-refractivity contribution in [1.29, 1.82) is 0 Å². The van der Waals surface area contributed by atoms with Crippen molar-refractivity contribution in [2.45, 2.75) is 37.5 Å². The van der Waals surface area contributed by atoms with Crippen molar-refractivity contribution in [1.82, 2.24) is 4.90 Å². The summed E-state index contributed by atoms with van der Waals surface area (Å²) < 4.78 is 13.9. The molecule has 5 heteroatoms. The summed E-state index contributed by atoms with van der Waals surface area (Å²) in [5.41, 5.74) is 2.47. The summed E-state index contributed by atoms with van der Waals surface area (Å²) in [6.07, 6.45) is 8.19. The standard InChI is InChI=1S/C17H19BrFNOS/c18-14-10-13(6-7-15(14)19)17-20(16(21)11-22-17)9-8-12-4-2-1-3-5-12/h4,6-7,10,17H,1-3,5,8-9,11H2. The number of carbonyl (C=O) groups is 1. The van der Waals surface area contributed by atoms with Gasteiger partial charge >= 0.3 is 0 Å². The Kier molecular flexibility index (Phi) is 5.24. The van der Waals surface area contributed by atoms with Crippen LogP contribution in [0, 0.1) is 5.82 Å². The van der Waals surface area contributed by atoms with Gasteiger partial charge in [-0.25, -0.2) is 4.39 Å². The summed E-state index contributed by atoms with van der Waals surface area (Å²) in [5.74, 6) is 0.433.